The number of unbranched alkanes of at least 4 members (excludes halogenated alkanes) is 2. The molecular formula is C32H39N3O3. The van der Waals surface area contributed by atoms with Gasteiger partial charge in [0.1, 0.15) is 17.3 Å². The first kappa shape index (κ1) is 27.2. The molecule has 0 aliphatic rings. The third kappa shape index (κ3) is 7.37. The summed E-state index contributed by atoms with van der Waals surface area (Å²) in [5.74, 6) is 2.98. The summed E-state index contributed by atoms with van der Waals surface area (Å²) in [6, 6.07) is 22.2. The Labute approximate surface area is 226 Å². The molecule has 0 atom stereocenters. The minimum atomic E-state index is 0.0556. The number of fused-ring (bicyclic) bond motifs is 1. The Morgan fingerprint density at radius 1 is 0.895 bits per heavy atom. The maximum atomic E-state index is 12.3. The first-order chi connectivity index (χ1) is 18.5. The van der Waals surface area contributed by atoms with E-state index in [1.807, 2.05) is 30.3 Å². The standard InChI is InChI=1S/C32H39N3O3/c1-24-11-9-12-25(2)32(24)38-22-10-21-35-29-14-7-6-13-28(29)34-30(35)15-5-4-8-20-33-31(36)23-26-16-18-27(37-3)19-17-26/h6-7,9,11-14,16-19H,4-5,8,10,15,20-23H2,1-3H3,(H,33,36). The van der Waals surface area contributed by atoms with Gasteiger partial charge in [0.15, 0.2) is 0 Å². The number of methoxy groups -OCH3 is 1. The number of carbonyl (C=O) groups is 1. The number of hydrogen-bond donors (Lipinski definition) is 1. The molecular weight excluding hydrogens is 474 g/mol. The van der Waals surface area contributed by atoms with Crippen LogP contribution in [0.2, 0.25) is 0 Å². The Bertz CT molecular complexity index is 1310. The topological polar surface area (TPSA) is 65.4 Å². The molecule has 0 saturated carbocycles. The van der Waals surface area contributed by atoms with E-state index in [4.69, 9.17) is 14.5 Å². The largest absolute Gasteiger partial charge is 0.497 e. The van der Waals surface area contributed by atoms with Crippen molar-refractivity contribution >= 4 is 16.9 Å². The lowest BCUT2D eigenvalue weighted by molar-refractivity contribution is -0.120. The fraction of sp³-hybridized carbons (Fsp3) is 0.375. The molecule has 4 aromatic rings. The second kappa shape index (κ2) is 13.7. The second-order valence-electron chi connectivity index (χ2n) is 9.78. The van der Waals surface area contributed by atoms with E-state index in [2.05, 4.69) is 60.1 Å². The van der Waals surface area contributed by atoms with Gasteiger partial charge in [-0.05, 0) is 74.1 Å². The van der Waals surface area contributed by atoms with Crippen LogP contribution in [0.1, 0.15) is 48.2 Å². The fourth-order valence-electron chi connectivity index (χ4n) is 4.79. The van der Waals surface area contributed by atoms with Crippen LogP contribution in [0.25, 0.3) is 11.0 Å². The molecule has 1 amide bonds. The van der Waals surface area contributed by atoms with E-state index >= 15 is 0 Å². The molecule has 200 valence electrons. The highest BCUT2D eigenvalue weighted by Crippen LogP contribution is 2.23. The van der Waals surface area contributed by atoms with E-state index < -0.39 is 0 Å². The highest BCUT2D eigenvalue weighted by molar-refractivity contribution is 5.78. The number of hydrogen-bond acceptors (Lipinski definition) is 4. The lowest BCUT2D eigenvalue weighted by Gasteiger charge is -2.13. The highest BCUT2D eigenvalue weighted by Gasteiger charge is 2.11. The number of imidazole rings is 1. The van der Waals surface area contributed by atoms with Gasteiger partial charge in [-0.2, -0.15) is 0 Å². The number of nitrogens with zero attached hydrogens (tertiary/aromatic N) is 2. The van der Waals surface area contributed by atoms with Gasteiger partial charge in [-0.1, -0.05) is 48.9 Å². The molecule has 6 nitrogen and oxygen atoms in total. The van der Waals surface area contributed by atoms with Gasteiger partial charge in [0.2, 0.25) is 5.91 Å². The number of carbonyl (C=O) groups excluding carboxylic acids is 1. The van der Waals surface area contributed by atoms with Gasteiger partial charge in [-0.3, -0.25) is 4.79 Å². The predicted octanol–water partition coefficient (Wildman–Crippen LogP) is 6.20. The first-order valence-electron chi connectivity index (χ1n) is 13.6. The molecule has 0 bridgehead atoms. The molecule has 1 aromatic heterocycles. The molecule has 0 aliphatic carbocycles. The molecule has 0 aliphatic heterocycles. The monoisotopic (exact) mass is 513 g/mol. The minimum Gasteiger partial charge on any atom is -0.497 e. The quantitative estimate of drug-likeness (QED) is 0.204. The van der Waals surface area contributed by atoms with Gasteiger partial charge in [0, 0.05) is 19.5 Å². The van der Waals surface area contributed by atoms with Crippen molar-refractivity contribution in [2.45, 2.75) is 58.9 Å². The number of aryl methyl sites for hydroxylation is 4. The summed E-state index contributed by atoms with van der Waals surface area (Å²) in [4.78, 5) is 17.2. The lowest BCUT2D eigenvalue weighted by atomic mass is 10.1. The zero-order valence-electron chi connectivity index (χ0n) is 22.8. The number of ether oxygens (including phenoxy) is 2. The van der Waals surface area contributed by atoms with Crippen molar-refractivity contribution in [3.05, 3.63) is 89.2 Å². The number of para-hydroxylation sites is 3. The fourth-order valence-corrected chi connectivity index (χ4v) is 4.79. The van der Waals surface area contributed by atoms with E-state index in [-0.39, 0.29) is 5.91 Å². The Balaban J connectivity index is 1.22. The maximum Gasteiger partial charge on any atom is 0.224 e. The van der Waals surface area contributed by atoms with Crippen LogP contribution in [0.4, 0.5) is 0 Å². The summed E-state index contributed by atoms with van der Waals surface area (Å²) in [5, 5.41) is 3.04. The van der Waals surface area contributed by atoms with Crippen LogP contribution in [0.3, 0.4) is 0 Å². The smallest absolute Gasteiger partial charge is 0.224 e. The normalized spacial score (nSPS) is 11.0. The Hall–Kier alpha value is -3.80. The minimum absolute atomic E-state index is 0.0556. The van der Waals surface area contributed by atoms with Gasteiger partial charge in [-0.15, -0.1) is 0 Å². The van der Waals surface area contributed by atoms with Crippen LogP contribution in [0.5, 0.6) is 11.5 Å². The summed E-state index contributed by atoms with van der Waals surface area (Å²) in [5.41, 5.74) is 5.57. The average molecular weight is 514 g/mol. The molecule has 1 N–H and O–H groups in total. The van der Waals surface area contributed by atoms with Crippen molar-refractivity contribution in [3.63, 3.8) is 0 Å². The van der Waals surface area contributed by atoms with Crippen LogP contribution in [0.15, 0.2) is 66.7 Å². The van der Waals surface area contributed by atoms with E-state index in [1.54, 1.807) is 7.11 Å². The molecule has 0 fully saturated rings. The summed E-state index contributed by atoms with van der Waals surface area (Å²) in [7, 11) is 1.64. The van der Waals surface area contributed by atoms with E-state index in [0.29, 0.717) is 19.6 Å². The third-order valence-electron chi connectivity index (χ3n) is 6.84. The highest BCUT2D eigenvalue weighted by atomic mass is 16.5. The van der Waals surface area contributed by atoms with E-state index in [0.717, 1.165) is 67.1 Å². The van der Waals surface area contributed by atoms with Crippen LogP contribution < -0.4 is 14.8 Å². The Morgan fingerprint density at radius 3 is 2.42 bits per heavy atom. The number of amides is 1. The van der Waals surface area contributed by atoms with Gasteiger partial charge < -0.3 is 19.4 Å². The second-order valence-corrected chi connectivity index (χ2v) is 9.78. The molecule has 0 saturated heterocycles. The molecule has 4 rings (SSSR count). The Morgan fingerprint density at radius 2 is 1.66 bits per heavy atom. The number of benzene rings is 3. The Kier molecular flexibility index (Phi) is 9.79. The number of aromatic nitrogens is 2. The van der Waals surface area contributed by atoms with Crippen molar-refractivity contribution in [2.75, 3.05) is 20.3 Å². The maximum absolute atomic E-state index is 12.3. The molecule has 1 heterocycles. The van der Waals surface area contributed by atoms with Crippen molar-refractivity contribution in [1.82, 2.24) is 14.9 Å². The summed E-state index contributed by atoms with van der Waals surface area (Å²) in [6.45, 7) is 6.43. The third-order valence-corrected chi connectivity index (χ3v) is 6.84. The first-order valence-corrected chi connectivity index (χ1v) is 13.6. The molecule has 38 heavy (non-hydrogen) atoms. The summed E-state index contributed by atoms with van der Waals surface area (Å²) in [6.07, 6.45) is 5.27. The zero-order valence-corrected chi connectivity index (χ0v) is 22.8. The van der Waals surface area contributed by atoms with Crippen LogP contribution in [0, 0.1) is 13.8 Å². The van der Waals surface area contributed by atoms with Crippen LogP contribution in [-0.4, -0.2) is 35.7 Å². The zero-order chi connectivity index (χ0) is 26.7. The van der Waals surface area contributed by atoms with Crippen molar-refractivity contribution < 1.29 is 14.3 Å². The van der Waals surface area contributed by atoms with Crippen molar-refractivity contribution in [2.24, 2.45) is 0 Å². The molecule has 3 aromatic carbocycles. The summed E-state index contributed by atoms with van der Waals surface area (Å²) >= 11 is 0. The number of nitrogens with one attached hydrogen (secondary N) is 1. The van der Waals surface area contributed by atoms with Crippen molar-refractivity contribution in [1.29, 1.82) is 0 Å². The van der Waals surface area contributed by atoms with Crippen LogP contribution >= 0.6 is 0 Å². The van der Waals surface area contributed by atoms with Gasteiger partial charge in [0.05, 0.1) is 31.2 Å². The van der Waals surface area contributed by atoms with Gasteiger partial charge in [0.25, 0.3) is 0 Å². The lowest BCUT2D eigenvalue weighted by Crippen LogP contribution is -2.26. The van der Waals surface area contributed by atoms with Gasteiger partial charge in [-0.25, -0.2) is 4.98 Å². The van der Waals surface area contributed by atoms with E-state index in [1.165, 1.54) is 16.6 Å². The molecule has 0 spiro atoms. The average Bonchev–Trinajstić information content (AvgIpc) is 3.27. The molecule has 0 unspecified atom stereocenters. The van der Waals surface area contributed by atoms with Crippen LogP contribution in [-0.2, 0) is 24.2 Å². The van der Waals surface area contributed by atoms with Crippen molar-refractivity contribution in [3.8, 4) is 11.5 Å². The van der Waals surface area contributed by atoms with E-state index in [9.17, 15) is 4.79 Å². The molecule has 0 radical (unpaired) electrons. The SMILES string of the molecule is COc1ccc(CC(=O)NCCCCCc2nc3ccccc3n2CCCOc2c(C)cccc2C)cc1. The summed E-state index contributed by atoms with van der Waals surface area (Å²) < 4.78 is 13.7. The predicted molar refractivity (Wildman–Crippen MR) is 153 cm³/mol. The number of rotatable bonds is 14. The molecule has 6 heteroatoms. The van der Waals surface area contributed by atoms with Gasteiger partial charge >= 0.3 is 0 Å².